The molecule has 1 fully saturated rings. The van der Waals surface area contributed by atoms with E-state index in [1.807, 2.05) is 30.1 Å². The fourth-order valence-corrected chi connectivity index (χ4v) is 4.57. The van der Waals surface area contributed by atoms with Crippen molar-refractivity contribution in [2.45, 2.75) is 19.0 Å². The molecule has 1 aliphatic rings. The second kappa shape index (κ2) is 7.18. The molecule has 25 heavy (non-hydrogen) atoms. The van der Waals surface area contributed by atoms with Crippen LogP contribution in [0.15, 0.2) is 42.7 Å². The minimum absolute atomic E-state index is 0.107. The van der Waals surface area contributed by atoms with Crippen LogP contribution in [-0.2, 0) is 16.4 Å². The van der Waals surface area contributed by atoms with Gasteiger partial charge in [-0.25, -0.2) is 13.4 Å². The summed E-state index contributed by atoms with van der Waals surface area (Å²) in [7, 11) is -1.16. The van der Waals surface area contributed by atoms with Crippen LogP contribution >= 0.6 is 0 Å². The van der Waals surface area contributed by atoms with E-state index in [9.17, 15) is 13.2 Å². The van der Waals surface area contributed by atoms with E-state index < -0.39 is 9.84 Å². The van der Waals surface area contributed by atoms with Gasteiger partial charge in [-0.2, -0.15) is 0 Å². The number of nitrogens with zero attached hydrogens (tertiary/aromatic N) is 3. The van der Waals surface area contributed by atoms with Crippen LogP contribution < -0.4 is 10.2 Å². The molecule has 0 aromatic carbocycles. The summed E-state index contributed by atoms with van der Waals surface area (Å²) in [5.41, 5.74) is 1.26. The minimum Gasteiger partial charge on any atom is -0.356 e. The molecule has 0 aliphatic carbocycles. The Balaban J connectivity index is 1.67. The van der Waals surface area contributed by atoms with Crippen LogP contribution in [0.2, 0.25) is 0 Å². The maximum atomic E-state index is 12.3. The van der Waals surface area contributed by atoms with Crippen LogP contribution in [0.1, 0.15) is 22.5 Å². The lowest BCUT2D eigenvalue weighted by Crippen LogP contribution is -2.33. The average Bonchev–Trinajstić information content (AvgIpc) is 3.00. The molecule has 3 heterocycles. The number of carbonyl (C=O) groups excluding carboxylic acids is 1. The second-order valence-corrected chi connectivity index (χ2v) is 8.30. The van der Waals surface area contributed by atoms with E-state index >= 15 is 0 Å². The molecular weight excluding hydrogens is 340 g/mol. The number of sulfone groups is 1. The number of hydrogen-bond donors (Lipinski definition) is 1. The Labute approximate surface area is 147 Å². The van der Waals surface area contributed by atoms with Crippen molar-refractivity contribution in [1.82, 2.24) is 15.3 Å². The van der Waals surface area contributed by atoms with Gasteiger partial charge in [0.1, 0.15) is 5.82 Å². The van der Waals surface area contributed by atoms with E-state index in [0.717, 1.165) is 5.69 Å². The summed E-state index contributed by atoms with van der Waals surface area (Å²) in [6, 6.07) is 8.73. The largest absolute Gasteiger partial charge is 0.356 e. The van der Waals surface area contributed by atoms with Crippen LogP contribution in [0.3, 0.4) is 0 Å². The SMILES string of the molecule is CN(c1cc(C(=O)NCc2ccccn2)ccn1)C1CCS(=O)(=O)C1. The van der Waals surface area contributed by atoms with Gasteiger partial charge in [-0.15, -0.1) is 0 Å². The molecule has 0 spiro atoms. The third-order valence-corrected chi connectivity index (χ3v) is 6.03. The van der Waals surface area contributed by atoms with Crippen molar-refractivity contribution >= 4 is 21.6 Å². The summed E-state index contributed by atoms with van der Waals surface area (Å²) < 4.78 is 23.3. The summed E-state index contributed by atoms with van der Waals surface area (Å²) in [5, 5.41) is 2.82. The first-order chi connectivity index (χ1) is 11.9. The summed E-state index contributed by atoms with van der Waals surface area (Å²) >= 11 is 0. The second-order valence-electron chi connectivity index (χ2n) is 6.07. The van der Waals surface area contributed by atoms with Gasteiger partial charge in [0.05, 0.1) is 23.7 Å². The van der Waals surface area contributed by atoms with E-state index in [2.05, 4.69) is 15.3 Å². The van der Waals surface area contributed by atoms with Crippen molar-refractivity contribution in [3.8, 4) is 0 Å². The van der Waals surface area contributed by atoms with Gasteiger partial charge in [0, 0.05) is 31.0 Å². The summed E-state index contributed by atoms with van der Waals surface area (Å²) in [6.45, 7) is 0.341. The third-order valence-electron chi connectivity index (χ3n) is 4.28. The zero-order valence-corrected chi connectivity index (χ0v) is 14.7. The van der Waals surface area contributed by atoms with E-state index in [1.54, 1.807) is 24.5 Å². The highest BCUT2D eigenvalue weighted by atomic mass is 32.2. The van der Waals surface area contributed by atoms with E-state index in [4.69, 9.17) is 0 Å². The van der Waals surface area contributed by atoms with Crippen molar-refractivity contribution in [3.63, 3.8) is 0 Å². The summed E-state index contributed by atoms with van der Waals surface area (Å²) in [4.78, 5) is 22.6. The third kappa shape index (κ3) is 4.33. The molecule has 2 aromatic rings. The fraction of sp³-hybridized carbons (Fsp3) is 0.353. The molecule has 8 heteroatoms. The number of hydrogen-bond acceptors (Lipinski definition) is 6. The molecule has 1 saturated heterocycles. The van der Waals surface area contributed by atoms with Gasteiger partial charge in [-0.3, -0.25) is 9.78 Å². The maximum absolute atomic E-state index is 12.3. The average molecular weight is 360 g/mol. The molecule has 1 unspecified atom stereocenters. The molecule has 0 saturated carbocycles. The van der Waals surface area contributed by atoms with Crippen molar-refractivity contribution in [3.05, 3.63) is 54.0 Å². The van der Waals surface area contributed by atoms with E-state index in [-0.39, 0.29) is 23.5 Å². The molecule has 3 rings (SSSR count). The smallest absolute Gasteiger partial charge is 0.251 e. The van der Waals surface area contributed by atoms with Crippen molar-refractivity contribution in [2.75, 3.05) is 23.5 Å². The topological polar surface area (TPSA) is 92.3 Å². The number of nitrogens with one attached hydrogen (secondary N) is 1. The van der Waals surface area contributed by atoms with Crippen LogP contribution in [0, 0.1) is 0 Å². The molecular formula is C17H20N4O3S. The molecule has 1 atom stereocenters. The number of amides is 1. The molecule has 1 aliphatic heterocycles. The van der Waals surface area contributed by atoms with Crippen LogP contribution in [0.5, 0.6) is 0 Å². The molecule has 1 amide bonds. The number of pyridine rings is 2. The number of anilines is 1. The lowest BCUT2D eigenvalue weighted by molar-refractivity contribution is 0.0950. The zero-order chi connectivity index (χ0) is 17.9. The maximum Gasteiger partial charge on any atom is 0.251 e. The normalized spacial score (nSPS) is 18.7. The van der Waals surface area contributed by atoms with Gasteiger partial charge < -0.3 is 10.2 Å². The molecule has 1 N–H and O–H groups in total. The van der Waals surface area contributed by atoms with Crippen LogP contribution in [0.25, 0.3) is 0 Å². The summed E-state index contributed by atoms with van der Waals surface area (Å²) in [5.74, 6) is 0.697. The van der Waals surface area contributed by atoms with Crippen molar-refractivity contribution in [1.29, 1.82) is 0 Å². The highest BCUT2D eigenvalue weighted by Crippen LogP contribution is 2.21. The first kappa shape index (κ1) is 17.3. The number of rotatable bonds is 5. The highest BCUT2D eigenvalue weighted by molar-refractivity contribution is 7.91. The minimum atomic E-state index is -2.97. The molecule has 7 nitrogen and oxygen atoms in total. The molecule has 0 radical (unpaired) electrons. The predicted octanol–water partition coefficient (Wildman–Crippen LogP) is 1.03. The highest BCUT2D eigenvalue weighted by Gasteiger charge is 2.31. The molecule has 132 valence electrons. The lowest BCUT2D eigenvalue weighted by Gasteiger charge is -2.24. The lowest BCUT2D eigenvalue weighted by atomic mass is 10.2. The number of carbonyl (C=O) groups is 1. The van der Waals surface area contributed by atoms with Gasteiger partial charge in [0.25, 0.3) is 5.91 Å². The molecule has 0 bridgehead atoms. The van der Waals surface area contributed by atoms with Gasteiger partial charge >= 0.3 is 0 Å². The molecule has 2 aromatic heterocycles. The van der Waals surface area contributed by atoms with Gasteiger partial charge in [0.2, 0.25) is 0 Å². The Morgan fingerprint density at radius 3 is 2.80 bits per heavy atom. The van der Waals surface area contributed by atoms with Gasteiger partial charge in [0.15, 0.2) is 9.84 Å². The fourth-order valence-electron chi connectivity index (χ4n) is 2.80. The monoisotopic (exact) mass is 360 g/mol. The zero-order valence-electron chi connectivity index (χ0n) is 13.9. The quantitative estimate of drug-likeness (QED) is 0.856. The Hall–Kier alpha value is -2.48. The Morgan fingerprint density at radius 1 is 1.28 bits per heavy atom. The standard InChI is InChI=1S/C17H20N4O3S/c1-21(15-6-9-25(23,24)12-15)16-10-13(5-8-19-16)17(22)20-11-14-4-2-3-7-18-14/h2-5,7-8,10,15H,6,9,11-12H2,1H3,(H,20,22). The Kier molecular flexibility index (Phi) is 4.98. The van der Waals surface area contributed by atoms with Crippen LogP contribution in [0.4, 0.5) is 5.82 Å². The Bertz CT molecular complexity index is 855. The van der Waals surface area contributed by atoms with Crippen LogP contribution in [-0.4, -0.2) is 48.9 Å². The van der Waals surface area contributed by atoms with E-state index in [1.165, 1.54) is 0 Å². The van der Waals surface area contributed by atoms with Gasteiger partial charge in [-0.1, -0.05) is 6.07 Å². The first-order valence-electron chi connectivity index (χ1n) is 8.02. The predicted molar refractivity (Wildman–Crippen MR) is 95.1 cm³/mol. The van der Waals surface area contributed by atoms with E-state index in [0.29, 0.717) is 24.3 Å². The summed E-state index contributed by atoms with van der Waals surface area (Å²) in [6.07, 6.45) is 3.82. The Morgan fingerprint density at radius 2 is 2.12 bits per heavy atom. The van der Waals surface area contributed by atoms with Crippen molar-refractivity contribution < 1.29 is 13.2 Å². The number of aromatic nitrogens is 2. The van der Waals surface area contributed by atoms with Gasteiger partial charge in [-0.05, 0) is 30.7 Å². The first-order valence-corrected chi connectivity index (χ1v) is 9.84. The van der Waals surface area contributed by atoms with Crippen molar-refractivity contribution in [2.24, 2.45) is 0 Å².